The molecule has 2 N–H and O–H groups in total. The van der Waals surface area contributed by atoms with E-state index < -0.39 is 5.97 Å². The van der Waals surface area contributed by atoms with Crippen LogP contribution in [0, 0.1) is 0 Å². The maximum Gasteiger partial charge on any atom is 0.328 e. The average Bonchev–Trinajstić information content (AvgIpc) is 3.09. The fourth-order valence-corrected chi connectivity index (χ4v) is 3.26. The first-order valence-corrected chi connectivity index (χ1v) is 8.99. The van der Waals surface area contributed by atoms with Crippen LogP contribution in [0.4, 0.5) is 5.69 Å². The molecular weight excluding hydrogens is 342 g/mol. The molecule has 2 heterocycles. The van der Waals surface area contributed by atoms with Crippen molar-refractivity contribution < 1.29 is 14.6 Å². The van der Waals surface area contributed by atoms with Gasteiger partial charge >= 0.3 is 5.97 Å². The van der Waals surface area contributed by atoms with Gasteiger partial charge in [0.2, 0.25) is 0 Å². The Morgan fingerprint density at radius 1 is 1.19 bits per heavy atom. The molecule has 0 unspecified atom stereocenters. The first-order chi connectivity index (χ1) is 13.2. The summed E-state index contributed by atoms with van der Waals surface area (Å²) in [5.74, 6) is -0.0317. The Bertz CT molecular complexity index is 970. The van der Waals surface area contributed by atoms with E-state index in [0.717, 1.165) is 60.4 Å². The van der Waals surface area contributed by atoms with Crippen LogP contribution in [0.1, 0.15) is 17.0 Å². The number of aromatic nitrogens is 2. The monoisotopic (exact) mass is 363 g/mol. The Labute approximate surface area is 157 Å². The van der Waals surface area contributed by atoms with E-state index in [1.165, 1.54) is 5.69 Å². The smallest absolute Gasteiger partial charge is 0.328 e. The average molecular weight is 363 g/mol. The number of carboxylic acids is 1. The number of imidazole rings is 1. The predicted molar refractivity (Wildman–Crippen MR) is 105 cm³/mol. The van der Waals surface area contributed by atoms with Gasteiger partial charge in [0.1, 0.15) is 5.82 Å². The number of ether oxygens (including phenoxy) is 1. The molecule has 6 nitrogen and oxygen atoms in total. The number of H-pyrrole nitrogens is 1. The van der Waals surface area contributed by atoms with Gasteiger partial charge in [-0.25, -0.2) is 9.78 Å². The Morgan fingerprint density at radius 3 is 2.70 bits per heavy atom. The van der Waals surface area contributed by atoms with Crippen LogP contribution in [0.5, 0.6) is 0 Å². The fraction of sp³-hybridized carbons (Fsp3) is 0.238. The van der Waals surface area contributed by atoms with E-state index in [1.54, 1.807) is 6.08 Å². The van der Waals surface area contributed by atoms with Gasteiger partial charge in [-0.3, -0.25) is 0 Å². The van der Waals surface area contributed by atoms with E-state index in [0.29, 0.717) is 6.42 Å². The Balaban J connectivity index is 1.49. The molecule has 1 fully saturated rings. The molecule has 6 heteroatoms. The lowest BCUT2D eigenvalue weighted by Crippen LogP contribution is -2.36. The lowest BCUT2D eigenvalue weighted by atomic mass is 10.1. The van der Waals surface area contributed by atoms with Crippen LogP contribution in [0.3, 0.4) is 0 Å². The molecule has 0 radical (unpaired) electrons. The zero-order chi connectivity index (χ0) is 18.6. The third-order valence-corrected chi connectivity index (χ3v) is 4.66. The molecule has 0 amide bonds. The van der Waals surface area contributed by atoms with E-state index in [4.69, 9.17) is 9.84 Å². The third-order valence-electron chi connectivity index (χ3n) is 4.66. The van der Waals surface area contributed by atoms with E-state index in [9.17, 15) is 4.79 Å². The van der Waals surface area contributed by atoms with Crippen molar-refractivity contribution in [3.63, 3.8) is 0 Å². The van der Waals surface area contributed by atoms with Crippen LogP contribution < -0.4 is 4.90 Å². The van der Waals surface area contributed by atoms with Crippen molar-refractivity contribution in [1.29, 1.82) is 0 Å². The van der Waals surface area contributed by atoms with Crippen molar-refractivity contribution in [3.05, 3.63) is 65.5 Å². The SMILES string of the molecule is O=C(O)/C=C/c1ccc(Cc2nc3ccc(N4CCOCC4)cc3[nH]2)cc1. The van der Waals surface area contributed by atoms with Gasteiger partial charge in [0.05, 0.1) is 24.2 Å². The third kappa shape index (κ3) is 4.17. The maximum absolute atomic E-state index is 10.6. The van der Waals surface area contributed by atoms with Crippen LogP contribution in [-0.2, 0) is 16.0 Å². The number of nitrogens with one attached hydrogen (secondary N) is 1. The summed E-state index contributed by atoms with van der Waals surface area (Å²) in [6, 6.07) is 14.1. The van der Waals surface area contributed by atoms with Gasteiger partial charge in [0.15, 0.2) is 0 Å². The van der Waals surface area contributed by atoms with Crippen LogP contribution >= 0.6 is 0 Å². The van der Waals surface area contributed by atoms with Gasteiger partial charge in [-0.15, -0.1) is 0 Å². The highest BCUT2D eigenvalue weighted by Gasteiger charge is 2.12. The number of hydrogen-bond donors (Lipinski definition) is 2. The molecule has 1 aliphatic heterocycles. The minimum absolute atomic E-state index is 0.699. The second kappa shape index (κ2) is 7.63. The van der Waals surface area contributed by atoms with Gasteiger partial charge in [0, 0.05) is 31.3 Å². The van der Waals surface area contributed by atoms with Gasteiger partial charge in [0.25, 0.3) is 0 Å². The van der Waals surface area contributed by atoms with E-state index in [-0.39, 0.29) is 0 Å². The molecule has 0 saturated carbocycles. The fourth-order valence-electron chi connectivity index (χ4n) is 3.26. The number of hydrogen-bond acceptors (Lipinski definition) is 4. The second-order valence-electron chi connectivity index (χ2n) is 6.57. The largest absolute Gasteiger partial charge is 0.478 e. The first-order valence-electron chi connectivity index (χ1n) is 8.99. The van der Waals surface area contributed by atoms with Crippen LogP contribution in [-0.4, -0.2) is 47.3 Å². The minimum atomic E-state index is -0.946. The number of morpholine rings is 1. The summed E-state index contributed by atoms with van der Waals surface area (Å²) in [4.78, 5) is 21.0. The maximum atomic E-state index is 10.6. The number of anilines is 1. The van der Waals surface area contributed by atoms with Crippen LogP contribution in [0.25, 0.3) is 17.1 Å². The van der Waals surface area contributed by atoms with Gasteiger partial charge < -0.3 is 19.7 Å². The number of carboxylic acid groups (broad SMARTS) is 1. The summed E-state index contributed by atoms with van der Waals surface area (Å²) in [5.41, 5.74) is 5.17. The molecule has 1 saturated heterocycles. The first kappa shape index (κ1) is 17.3. The van der Waals surface area contributed by atoms with Gasteiger partial charge in [-0.1, -0.05) is 24.3 Å². The lowest BCUT2D eigenvalue weighted by molar-refractivity contribution is -0.131. The highest BCUT2D eigenvalue weighted by Crippen LogP contribution is 2.22. The number of benzene rings is 2. The molecule has 0 bridgehead atoms. The summed E-state index contributed by atoms with van der Waals surface area (Å²) in [6.07, 6.45) is 3.42. The molecular formula is C21H21N3O3. The summed E-state index contributed by atoms with van der Waals surface area (Å²) in [7, 11) is 0. The predicted octanol–water partition coefficient (Wildman–Crippen LogP) is 3.09. The summed E-state index contributed by atoms with van der Waals surface area (Å²) in [6.45, 7) is 3.36. The van der Waals surface area contributed by atoms with Crippen molar-refractivity contribution in [2.45, 2.75) is 6.42 Å². The van der Waals surface area contributed by atoms with Crippen LogP contribution in [0.2, 0.25) is 0 Å². The van der Waals surface area contributed by atoms with Gasteiger partial charge in [-0.05, 0) is 35.4 Å². The molecule has 27 heavy (non-hydrogen) atoms. The number of fused-ring (bicyclic) bond motifs is 1. The van der Waals surface area contributed by atoms with Crippen molar-refractivity contribution in [2.24, 2.45) is 0 Å². The van der Waals surface area contributed by atoms with Crippen molar-refractivity contribution >= 4 is 28.8 Å². The molecule has 2 aromatic carbocycles. The van der Waals surface area contributed by atoms with E-state index in [2.05, 4.69) is 33.1 Å². The van der Waals surface area contributed by atoms with E-state index >= 15 is 0 Å². The highest BCUT2D eigenvalue weighted by atomic mass is 16.5. The molecule has 138 valence electrons. The number of aliphatic carboxylic acids is 1. The van der Waals surface area contributed by atoms with E-state index in [1.807, 2.05) is 24.3 Å². The minimum Gasteiger partial charge on any atom is -0.478 e. The molecule has 0 aliphatic carbocycles. The Kier molecular flexibility index (Phi) is 4.89. The molecule has 4 rings (SSSR count). The highest BCUT2D eigenvalue weighted by molar-refractivity contribution is 5.85. The molecule has 1 aliphatic rings. The molecule has 3 aromatic rings. The molecule has 0 atom stereocenters. The zero-order valence-corrected chi connectivity index (χ0v) is 14.9. The number of carbonyl (C=O) groups is 1. The summed E-state index contributed by atoms with van der Waals surface area (Å²) >= 11 is 0. The molecule has 0 spiro atoms. The summed E-state index contributed by atoms with van der Waals surface area (Å²) in [5, 5.41) is 8.69. The Morgan fingerprint density at radius 2 is 1.96 bits per heavy atom. The zero-order valence-electron chi connectivity index (χ0n) is 14.9. The van der Waals surface area contributed by atoms with Gasteiger partial charge in [-0.2, -0.15) is 0 Å². The summed E-state index contributed by atoms with van der Waals surface area (Å²) < 4.78 is 5.42. The second-order valence-corrected chi connectivity index (χ2v) is 6.57. The van der Waals surface area contributed by atoms with Crippen molar-refractivity contribution in [2.75, 3.05) is 31.2 Å². The van der Waals surface area contributed by atoms with Crippen LogP contribution in [0.15, 0.2) is 48.5 Å². The molecule has 1 aromatic heterocycles. The topological polar surface area (TPSA) is 78.4 Å². The number of rotatable bonds is 5. The normalized spacial score (nSPS) is 14.9. The lowest BCUT2D eigenvalue weighted by Gasteiger charge is -2.28. The quantitative estimate of drug-likeness (QED) is 0.681. The number of aromatic amines is 1. The van der Waals surface area contributed by atoms with Crippen molar-refractivity contribution in [3.8, 4) is 0 Å². The number of nitrogens with zero attached hydrogens (tertiary/aromatic N) is 2. The van der Waals surface area contributed by atoms with Crippen molar-refractivity contribution in [1.82, 2.24) is 9.97 Å². The standard InChI is InChI=1S/C21H21N3O3/c25-21(26)8-5-15-1-3-16(4-2-15)13-20-22-18-7-6-17(14-19(18)23-20)24-9-11-27-12-10-24/h1-8,14H,9-13H2,(H,22,23)(H,25,26)/b8-5+. The Hall–Kier alpha value is -3.12.